The van der Waals surface area contributed by atoms with Gasteiger partial charge in [0.2, 0.25) is 0 Å². The summed E-state index contributed by atoms with van der Waals surface area (Å²) in [7, 11) is 0. The largest absolute Gasteiger partial charge is 0.354 e. The van der Waals surface area contributed by atoms with Gasteiger partial charge in [-0.3, -0.25) is 0 Å². The lowest BCUT2D eigenvalue weighted by Gasteiger charge is -2.18. The van der Waals surface area contributed by atoms with Crippen molar-refractivity contribution in [2.24, 2.45) is 5.92 Å². The van der Waals surface area contributed by atoms with Crippen molar-refractivity contribution in [3.8, 4) is 0 Å². The van der Waals surface area contributed by atoms with Gasteiger partial charge in [0, 0.05) is 16.1 Å². The number of nitrogens with one attached hydrogen (secondary N) is 1. The zero-order chi connectivity index (χ0) is 12.5. The molecular formula is C14H15ClN2S. The fourth-order valence-corrected chi connectivity index (χ4v) is 2.96. The normalized spacial score (nSPS) is 16.6. The molecule has 1 fully saturated rings. The summed E-state index contributed by atoms with van der Waals surface area (Å²) in [4.78, 5) is 5.63. The first-order chi connectivity index (χ1) is 8.72. The van der Waals surface area contributed by atoms with Crippen LogP contribution in [-0.4, -0.2) is 4.98 Å². The van der Waals surface area contributed by atoms with Crippen LogP contribution in [0.5, 0.6) is 0 Å². The maximum Gasteiger partial charge on any atom is 0.183 e. The van der Waals surface area contributed by atoms with Crippen molar-refractivity contribution in [3.05, 3.63) is 45.9 Å². The van der Waals surface area contributed by atoms with Crippen LogP contribution in [0, 0.1) is 12.8 Å². The van der Waals surface area contributed by atoms with E-state index in [0.29, 0.717) is 6.04 Å². The van der Waals surface area contributed by atoms with Crippen LogP contribution in [0.1, 0.15) is 29.3 Å². The number of benzene rings is 1. The van der Waals surface area contributed by atoms with Gasteiger partial charge < -0.3 is 5.32 Å². The van der Waals surface area contributed by atoms with Crippen LogP contribution >= 0.6 is 22.9 Å². The Hall–Kier alpha value is -1.06. The van der Waals surface area contributed by atoms with E-state index >= 15 is 0 Å². The average Bonchev–Trinajstić information content (AvgIpc) is 3.12. The van der Waals surface area contributed by atoms with Crippen molar-refractivity contribution in [2.75, 3.05) is 5.32 Å². The molecule has 0 saturated heterocycles. The Kier molecular flexibility index (Phi) is 3.27. The molecule has 0 bridgehead atoms. The van der Waals surface area contributed by atoms with Crippen LogP contribution in [0.3, 0.4) is 0 Å². The fourth-order valence-electron chi connectivity index (χ4n) is 2.13. The second kappa shape index (κ2) is 4.90. The van der Waals surface area contributed by atoms with Gasteiger partial charge in [-0.05, 0) is 43.4 Å². The van der Waals surface area contributed by atoms with Crippen LogP contribution in [0.2, 0.25) is 5.02 Å². The van der Waals surface area contributed by atoms with Crippen molar-refractivity contribution < 1.29 is 0 Å². The predicted molar refractivity (Wildman–Crippen MR) is 77.4 cm³/mol. The molecule has 1 aromatic carbocycles. The number of rotatable bonds is 4. The predicted octanol–water partition coefficient (Wildman–Crippen LogP) is 4.67. The topological polar surface area (TPSA) is 24.9 Å². The van der Waals surface area contributed by atoms with E-state index in [4.69, 9.17) is 11.6 Å². The van der Waals surface area contributed by atoms with Crippen LogP contribution in [0.4, 0.5) is 5.13 Å². The number of aryl methyl sites for hydroxylation is 1. The summed E-state index contributed by atoms with van der Waals surface area (Å²) >= 11 is 7.66. The van der Waals surface area contributed by atoms with Crippen molar-refractivity contribution in [2.45, 2.75) is 25.8 Å². The molecule has 1 N–H and O–H groups in total. The zero-order valence-corrected chi connectivity index (χ0v) is 11.8. The Morgan fingerprint density at radius 2 is 2.06 bits per heavy atom. The van der Waals surface area contributed by atoms with Gasteiger partial charge in [-0.15, -0.1) is 11.3 Å². The summed E-state index contributed by atoms with van der Waals surface area (Å²) in [5.41, 5.74) is 1.30. The van der Waals surface area contributed by atoms with E-state index in [-0.39, 0.29) is 0 Å². The van der Waals surface area contributed by atoms with Crippen LogP contribution < -0.4 is 5.32 Å². The summed E-state index contributed by atoms with van der Waals surface area (Å²) in [6, 6.07) is 8.51. The Morgan fingerprint density at radius 3 is 2.61 bits per heavy atom. The fraction of sp³-hybridized carbons (Fsp3) is 0.357. The van der Waals surface area contributed by atoms with Gasteiger partial charge >= 0.3 is 0 Å². The Morgan fingerprint density at radius 1 is 1.33 bits per heavy atom. The third kappa shape index (κ3) is 2.68. The molecule has 1 atom stereocenters. The number of aromatic nitrogens is 1. The van der Waals surface area contributed by atoms with Gasteiger partial charge in [-0.1, -0.05) is 23.7 Å². The molecule has 2 aromatic rings. The second-order valence-electron chi connectivity index (χ2n) is 4.79. The minimum Gasteiger partial charge on any atom is -0.354 e. The lowest BCUT2D eigenvalue weighted by atomic mass is 10.0. The standard InChI is InChI=1S/C14H15ClN2S/c1-9-8-16-14(18-9)17-13(10-2-3-10)11-4-6-12(15)7-5-11/h4-8,10,13H,2-3H2,1H3,(H,16,17). The molecule has 1 aliphatic carbocycles. The lowest BCUT2D eigenvalue weighted by molar-refractivity contribution is 0.678. The molecule has 0 radical (unpaired) electrons. The van der Waals surface area contributed by atoms with E-state index in [2.05, 4.69) is 29.4 Å². The molecule has 94 valence electrons. The van der Waals surface area contributed by atoms with Gasteiger partial charge in [0.05, 0.1) is 6.04 Å². The molecule has 3 rings (SSSR count). The van der Waals surface area contributed by atoms with Crippen molar-refractivity contribution in [1.29, 1.82) is 0 Å². The third-order valence-corrected chi connectivity index (χ3v) is 4.32. The molecule has 0 spiro atoms. The van der Waals surface area contributed by atoms with E-state index in [1.54, 1.807) is 11.3 Å². The van der Waals surface area contributed by atoms with Crippen LogP contribution in [0.25, 0.3) is 0 Å². The average molecular weight is 279 g/mol. The Balaban J connectivity index is 1.82. The van der Waals surface area contributed by atoms with Gasteiger partial charge in [0.15, 0.2) is 5.13 Å². The highest BCUT2D eigenvalue weighted by atomic mass is 35.5. The first-order valence-electron chi connectivity index (χ1n) is 6.17. The number of hydrogen-bond acceptors (Lipinski definition) is 3. The monoisotopic (exact) mass is 278 g/mol. The number of halogens is 1. The lowest BCUT2D eigenvalue weighted by Crippen LogP contribution is -2.12. The van der Waals surface area contributed by atoms with E-state index in [9.17, 15) is 0 Å². The van der Waals surface area contributed by atoms with Gasteiger partial charge in [-0.25, -0.2) is 4.98 Å². The highest BCUT2D eigenvalue weighted by Crippen LogP contribution is 2.43. The molecule has 1 unspecified atom stereocenters. The van der Waals surface area contributed by atoms with Crippen molar-refractivity contribution in [3.63, 3.8) is 0 Å². The molecule has 1 saturated carbocycles. The first kappa shape index (κ1) is 12.0. The SMILES string of the molecule is Cc1cnc(NC(c2ccc(Cl)cc2)C2CC2)s1. The van der Waals surface area contributed by atoms with Gasteiger partial charge in [-0.2, -0.15) is 0 Å². The minimum atomic E-state index is 0.368. The first-order valence-corrected chi connectivity index (χ1v) is 7.36. The molecule has 1 heterocycles. The Bertz CT molecular complexity index is 531. The number of hydrogen-bond donors (Lipinski definition) is 1. The molecule has 2 nitrogen and oxygen atoms in total. The minimum absolute atomic E-state index is 0.368. The summed E-state index contributed by atoms with van der Waals surface area (Å²) in [5, 5.41) is 5.37. The quantitative estimate of drug-likeness (QED) is 0.879. The summed E-state index contributed by atoms with van der Waals surface area (Å²) in [6.45, 7) is 2.08. The highest BCUT2D eigenvalue weighted by Gasteiger charge is 2.32. The van der Waals surface area contributed by atoms with Crippen LogP contribution in [0.15, 0.2) is 30.5 Å². The molecule has 0 amide bonds. The van der Waals surface area contributed by atoms with Crippen molar-refractivity contribution >= 4 is 28.1 Å². The van der Waals surface area contributed by atoms with E-state index in [1.165, 1.54) is 23.3 Å². The number of anilines is 1. The zero-order valence-electron chi connectivity index (χ0n) is 10.2. The summed E-state index contributed by atoms with van der Waals surface area (Å²) in [5.74, 6) is 0.732. The Labute approximate surface area is 116 Å². The summed E-state index contributed by atoms with van der Waals surface area (Å²) < 4.78 is 0. The molecule has 1 aromatic heterocycles. The number of nitrogens with zero attached hydrogens (tertiary/aromatic N) is 1. The molecule has 18 heavy (non-hydrogen) atoms. The molecular weight excluding hydrogens is 264 g/mol. The highest BCUT2D eigenvalue weighted by molar-refractivity contribution is 7.15. The van der Waals surface area contributed by atoms with E-state index in [1.807, 2.05) is 18.3 Å². The molecule has 1 aliphatic rings. The second-order valence-corrected chi connectivity index (χ2v) is 6.46. The van der Waals surface area contributed by atoms with Gasteiger partial charge in [0.1, 0.15) is 0 Å². The van der Waals surface area contributed by atoms with Gasteiger partial charge in [0.25, 0.3) is 0 Å². The third-order valence-electron chi connectivity index (χ3n) is 3.22. The summed E-state index contributed by atoms with van der Waals surface area (Å²) in [6.07, 6.45) is 4.51. The smallest absolute Gasteiger partial charge is 0.183 e. The van der Waals surface area contributed by atoms with E-state index < -0.39 is 0 Å². The molecule has 0 aliphatic heterocycles. The maximum atomic E-state index is 5.94. The van der Waals surface area contributed by atoms with Crippen molar-refractivity contribution in [1.82, 2.24) is 4.98 Å². The van der Waals surface area contributed by atoms with Crippen LogP contribution in [-0.2, 0) is 0 Å². The maximum absolute atomic E-state index is 5.94. The van der Waals surface area contributed by atoms with E-state index in [0.717, 1.165) is 16.1 Å². The molecule has 4 heteroatoms. The number of thiazole rings is 1.